The molecule has 0 spiro atoms. The van der Waals surface area contributed by atoms with Crippen LogP contribution in [0.2, 0.25) is 0 Å². The Morgan fingerprint density at radius 3 is 1.95 bits per heavy atom. The molecule has 0 aliphatic carbocycles. The summed E-state index contributed by atoms with van der Waals surface area (Å²) < 4.78 is 70.9. The zero-order chi connectivity index (χ0) is 47.4. The minimum absolute atomic E-state index is 0.0646. The lowest BCUT2D eigenvalue weighted by atomic mass is 10.0. The third kappa shape index (κ3) is 13.4. The summed E-state index contributed by atoms with van der Waals surface area (Å²) in [6.07, 6.45) is 4.74. The molecule has 1 aliphatic heterocycles. The van der Waals surface area contributed by atoms with Gasteiger partial charge in [0.15, 0.2) is 0 Å². The fraction of sp³-hybridized carbons (Fsp3) is 0.500. The predicted octanol–water partition coefficient (Wildman–Crippen LogP) is 5.42. The summed E-state index contributed by atoms with van der Waals surface area (Å²) in [5, 5.41) is 19.9. The zero-order valence-corrected chi connectivity index (χ0v) is 37.2. The molecule has 3 aromatic rings. The standard InChI is InChI=1S/C42H54F3N9O9S/c1-41(2)39(59)54(31-15-14-28(25-46)32(24-31)42(43,44)45)40(60)53(41)20-13-11-9-7-6-8-10-12-18-47-35(55)16-19-48-37(57)33-23-30(27-51(33)3)50-38(58)34-22-29(26-52(34)4)49-36(56)17-21-64(61,62)63-5/h14-15,22-24,26-27H,6-13,16-21H2,1-5H3,(H,47,55)(H,48,57)(H,49,56)(H,50,58). The van der Waals surface area contributed by atoms with Gasteiger partial charge in [0.05, 0.1) is 47.1 Å². The summed E-state index contributed by atoms with van der Waals surface area (Å²) in [4.78, 5) is 78.9. The summed E-state index contributed by atoms with van der Waals surface area (Å²) in [6, 6.07) is 6.47. The Hall–Kier alpha value is -6.21. The van der Waals surface area contributed by atoms with Crippen LogP contribution >= 0.6 is 0 Å². The molecule has 0 unspecified atom stereocenters. The molecule has 1 saturated heterocycles. The van der Waals surface area contributed by atoms with Crippen LogP contribution in [0.1, 0.15) is 110 Å². The first kappa shape index (κ1) is 50.4. The van der Waals surface area contributed by atoms with Gasteiger partial charge in [-0.1, -0.05) is 38.5 Å². The average Bonchev–Trinajstić information content (AvgIpc) is 3.84. The first-order chi connectivity index (χ1) is 30.1. The molecule has 1 aliphatic rings. The number of unbranched alkanes of at least 4 members (excludes halogenated alkanes) is 7. The highest BCUT2D eigenvalue weighted by molar-refractivity contribution is 7.86. The molecule has 64 heavy (non-hydrogen) atoms. The zero-order valence-electron chi connectivity index (χ0n) is 36.4. The average molecular weight is 918 g/mol. The molecular weight excluding hydrogens is 864 g/mol. The molecule has 2 aromatic heterocycles. The number of hydrogen-bond acceptors (Lipinski definition) is 10. The number of nitriles is 1. The highest BCUT2D eigenvalue weighted by Gasteiger charge is 2.52. The van der Waals surface area contributed by atoms with Crippen LogP contribution in [0.25, 0.3) is 0 Å². The first-order valence-corrected chi connectivity index (χ1v) is 22.2. The molecule has 7 amide bonds. The minimum atomic E-state index is -4.83. The number of halogens is 3. The summed E-state index contributed by atoms with van der Waals surface area (Å²) in [6.45, 7) is 3.94. The van der Waals surface area contributed by atoms with Gasteiger partial charge in [-0.25, -0.2) is 9.69 Å². The number of amides is 7. The maximum Gasteiger partial charge on any atom is 0.417 e. The second-order valence-corrected chi connectivity index (χ2v) is 17.6. The Morgan fingerprint density at radius 2 is 1.36 bits per heavy atom. The molecule has 348 valence electrons. The van der Waals surface area contributed by atoms with Crippen molar-refractivity contribution in [3.05, 3.63) is 65.2 Å². The Bertz CT molecular complexity index is 2370. The van der Waals surface area contributed by atoms with Crippen LogP contribution < -0.4 is 26.2 Å². The third-order valence-corrected chi connectivity index (χ3v) is 11.8. The monoisotopic (exact) mass is 917 g/mol. The van der Waals surface area contributed by atoms with Crippen molar-refractivity contribution in [2.75, 3.05) is 48.0 Å². The number of benzene rings is 1. The molecule has 0 bridgehead atoms. The van der Waals surface area contributed by atoms with E-state index in [1.807, 2.05) is 0 Å². The quantitative estimate of drug-likeness (QED) is 0.0536. The Labute approximate surface area is 369 Å². The number of carbonyl (C=O) groups is 6. The van der Waals surface area contributed by atoms with Crippen molar-refractivity contribution < 1.29 is 54.5 Å². The maximum absolute atomic E-state index is 13.5. The first-order valence-electron chi connectivity index (χ1n) is 20.6. The van der Waals surface area contributed by atoms with Crippen molar-refractivity contribution in [2.24, 2.45) is 14.1 Å². The number of aromatic nitrogens is 2. The van der Waals surface area contributed by atoms with Gasteiger partial charge in [-0.15, -0.1) is 0 Å². The molecule has 3 heterocycles. The van der Waals surface area contributed by atoms with E-state index in [4.69, 9.17) is 5.26 Å². The third-order valence-electron chi connectivity index (χ3n) is 10.6. The van der Waals surface area contributed by atoms with Crippen molar-refractivity contribution in [3.8, 4) is 6.07 Å². The van der Waals surface area contributed by atoms with Crippen LogP contribution in [0, 0.1) is 11.3 Å². The smallest absolute Gasteiger partial charge is 0.356 e. The topological polar surface area (TPSA) is 234 Å². The maximum atomic E-state index is 13.5. The van der Waals surface area contributed by atoms with Gasteiger partial charge in [-0.2, -0.15) is 26.9 Å². The Balaban J connectivity index is 1.07. The fourth-order valence-electron chi connectivity index (χ4n) is 7.03. The van der Waals surface area contributed by atoms with Crippen LogP contribution in [-0.2, 0) is 49.0 Å². The number of anilines is 3. The van der Waals surface area contributed by atoms with Crippen LogP contribution in [0.4, 0.5) is 35.0 Å². The number of nitrogens with zero attached hydrogens (tertiary/aromatic N) is 5. The van der Waals surface area contributed by atoms with Gasteiger partial charge < -0.3 is 35.3 Å². The number of imide groups is 1. The minimum Gasteiger partial charge on any atom is -0.356 e. The SMILES string of the molecule is COS(=O)(=O)CCC(=O)Nc1cc(C(=O)Nc2cc(C(=O)NCCC(=O)NCCCCCCCCCCN3C(=O)N(c4ccc(C#N)c(C(F)(F)F)c4)C(=O)C3(C)C)n(C)c2)n(C)c1. The number of urea groups is 1. The van der Waals surface area contributed by atoms with E-state index in [0.717, 1.165) is 63.0 Å². The molecule has 0 radical (unpaired) electrons. The molecule has 0 saturated carbocycles. The lowest BCUT2D eigenvalue weighted by molar-refractivity contribution is -0.137. The number of nitrogens with one attached hydrogen (secondary N) is 4. The van der Waals surface area contributed by atoms with Gasteiger partial charge in [-0.05, 0) is 57.0 Å². The summed E-state index contributed by atoms with van der Waals surface area (Å²) >= 11 is 0. The molecule has 22 heteroatoms. The predicted molar refractivity (Wildman–Crippen MR) is 230 cm³/mol. The number of rotatable bonds is 23. The van der Waals surface area contributed by atoms with E-state index in [1.54, 1.807) is 34.1 Å². The van der Waals surface area contributed by atoms with Crippen LogP contribution in [-0.4, -0.2) is 96.1 Å². The van der Waals surface area contributed by atoms with E-state index in [-0.39, 0.29) is 54.6 Å². The number of alkyl halides is 3. The van der Waals surface area contributed by atoms with Crippen molar-refractivity contribution >= 4 is 62.7 Å². The van der Waals surface area contributed by atoms with Crippen molar-refractivity contribution in [2.45, 2.75) is 89.8 Å². The molecule has 18 nitrogen and oxygen atoms in total. The highest BCUT2D eigenvalue weighted by Crippen LogP contribution is 2.38. The number of aryl methyl sites for hydroxylation is 2. The van der Waals surface area contributed by atoms with E-state index in [0.29, 0.717) is 24.7 Å². The van der Waals surface area contributed by atoms with Gasteiger partial charge in [0.25, 0.3) is 27.8 Å². The molecule has 1 fully saturated rings. The summed E-state index contributed by atoms with van der Waals surface area (Å²) in [5.74, 6) is -2.91. The van der Waals surface area contributed by atoms with Gasteiger partial charge in [0.1, 0.15) is 16.9 Å². The molecule has 4 N–H and O–H groups in total. The van der Waals surface area contributed by atoms with Crippen molar-refractivity contribution in [3.63, 3.8) is 0 Å². The van der Waals surface area contributed by atoms with Crippen LogP contribution in [0.15, 0.2) is 42.7 Å². The van der Waals surface area contributed by atoms with Gasteiger partial charge in [-0.3, -0.25) is 28.2 Å². The van der Waals surface area contributed by atoms with Gasteiger partial charge in [0.2, 0.25) is 11.8 Å². The normalized spacial score (nSPS) is 13.8. The van der Waals surface area contributed by atoms with Gasteiger partial charge in [0, 0.05) is 59.0 Å². The van der Waals surface area contributed by atoms with Crippen molar-refractivity contribution in [1.29, 1.82) is 5.26 Å². The van der Waals surface area contributed by atoms with Gasteiger partial charge >= 0.3 is 12.2 Å². The summed E-state index contributed by atoms with van der Waals surface area (Å²) in [5.41, 5.74) is -2.27. The lowest BCUT2D eigenvalue weighted by Crippen LogP contribution is -2.44. The van der Waals surface area contributed by atoms with Crippen LogP contribution in [0.3, 0.4) is 0 Å². The van der Waals surface area contributed by atoms with E-state index < -0.39 is 68.4 Å². The highest BCUT2D eigenvalue weighted by atomic mass is 32.2. The Kier molecular flexibility index (Phi) is 17.3. The second kappa shape index (κ2) is 21.9. The molecular formula is C42H54F3N9O9S. The summed E-state index contributed by atoms with van der Waals surface area (Å²) in [7, 11) is 0.416. The Morgan fingerprint density at radius 1 is 0.781 bits per heavy atom. The van der Waals surface area contributed by atoms with Crippen molar-refractivity contribution in [1.82, 2.24) is 24.7 Å². The number of hydrogen-bond donors (Lipinski definition) is 4. The largest absolute Gasteiger partial charge is 0.417 e. The van der Waals surface area contributed by atoms with E-state index in [2.05, 4.69) is 25.5 Å². The number of carbonyl (C=O) groups excluding carboxylic acids is 6. The second-order valence-electron chi connectivity index (χ2n) is 15.8. The van der Waals surface area contributed by atoms with E-state index in [1.165, 1.54) is 44.5 Å². The van der Waals surface area contributed by atoms with E-state index in [9.17, 15) is 50.4 Å². The lowest BCUT2D eigenvalue weighted by Gasteiger charge is -2.27. The molecule has 1 aromatic carbocycles. The molecule has 0 atom stereocenters. The fourth-order valence-corrected chi connectivity index (χ4v) is 7.63. The van der Waals surface area contributed by atoms with Crippen LogP contribution in [0.5, 0.6) is 0 Å². The molecule has 4 rings (SSSR count). The van der Waals surface area contributed by atoms with E-state index >= 15 is 0 Å².